The molecule has 0 unspecified atom stereocenters. The van der Waals surface area contributed by atoms with Gasteiger partial charge in [-0.15, -0.1) is 0 Å². The van der Waals surface area contributed by atoms with Gasteiger partial charge in [-0.25, -0.2) is 9.59 Å². The number of carboxylic acids is 2. The molecule has 30 heavy (non-hydrogen) atoms. The Bertz CT molecular complexity index is 626. The molecule has 4 N–H and O–H groups in total. The second-order valence-electron chi connectivity index (χ2n) is 6.95. The highest BCUT2D eigenvalue weighted by Crippen LogP contribution is 2.23. The van der Waals surface area contributed by atoms with Gasteiger partial charge in [0.1, 0.15) is 5.75 Å². The highest BCUT2D eigenvalue weighted by atomic mass is 16.5. The highest BCUT2D eigenvalue weighted by Gasteiger charge is 2.08. The predicted molar refractivity (Wildman–Crippen MR) is 121 cm³/mol. The van der Waals surface area contributed by atoms with E-state index < -0.39 is 11.9 Å². The van der Waals surface area contributed by atoms with Crippen LogP contribution in [0.1, 0.15) is 64.9 Å². The average molecular weight is 423 g/mol. The Kier molecular flexibility index (Phi) is 15.9. The minimum Gasteiger partial charge on any atom is -0.493 e. The maximum absolute atomic E-state index is 9.55. The van der Waals surface area contributed by atoms with Gasteiger partial charge in [0.2, 0.25) is 0 Å². The number of ether oxygens (including phenoxy) is 1. The zero-order valence-electron chi connectivity index (χ0n) is 18.6. The molecule has 7 heteroatoms. The standard InChI is InChI=1S/C19H34N2O.C4H4O4/c1-4-7-8-9-10-11-14-22-19-13-12-18(20)15-17(19)16-21(5-2)6-3;5-3(6)1-2-4(7)8/h12-13,15H,4-11,14,16,20H2,1-3H3;1-2H,(H,5,6)(H,7,8)/b;2-1-. The van der Waals surface area contributed by atoms with Crippen molar-refractivity contribution >= 4 is 17.6 Å². The van der Waals surface area contributed by atoms with E-state index in [0.29, 0.717) is 12.2 Å². The van der Waals surface area contributed by atoms with Crippen molar-refractivity contribution in [3.8, 4) is 5.75 Å². The van der Waals surface area contributed by atoms with Gasteiger partial charge in [0, 0.05) is 29.9 Å². The summed E-state index contributed by atoms with van der Waals surface area (Å²) in [6.07, 6.45) is 8.85. The van der Waals surface area contributed by atoms with Gasteiger partial charge < -0.3 is 20.7 Å². The molecule has 0 aliphatic rings. The topological polar surface area (TPSA) is 113 Å². The number of hydrogen-bond acceptors (Lipinski definition) is 5. The van der Waals surface area contributed by atoms with E-state index in [1.807, 2.05) is 12.1 Å². The number of carboxylic acid groups (broad SMARTS) is 2. The lowest BCUT2D eigenvalue weighted by atomic mass is 10.1. The second kappa shape index (κ2) is 17.3. The molecule has 0 bridgehead atoms. The number of nitrogens with zero attached hydrogens (tertiary/aromatic N) is 1. The smallest absolute Gasteiger partial charge is 0.328 e. The first-order valence-electron chi connectivity index (χ1n) is 10.7. The molecule has 0 aliphatic heterocycles. The first-order chi connectivity index (χ1) is 14.3. The number of nitrogen functional groups attached to an aromatic ring is 1. The fraction of sp³-hybridized carbons (Fsp3) is 0.565. The fourth-order valence-corrected chi connectivity index (χ4v) is 2.76. The molecule has 1 rings (SSSR count). The Morgan fingerprint density at radius 2 is 1.53 bits per heavy atom. The predicted octanol–water partition coefficient (Wildman–Crippen LogP) is 4.56. The summed E-state index contributed by atoms with van der Waals surface area (Å²) in [5.41, 5.74) is 7.95. The van der Waals surface area contributed by atoms with Gasteiger partial charge in [0.25, 0.3) is 0 Å². The zero-order chi connectivity index (χ0) is 22.8. The molecule has 0 aliphatic carbocycles. The minimum absolute atomic E-state index is 0.558. The van der Waals surface area contributed by atoms with Crippen LogP contribution in [0.2, 0.25) is 0 Å². The van der Waals surface area contributed by atoms with Crippen LogP contribution in [0.5, 0.6) is 5.75 Å². The minimum atomic E-state index is -1.26. The number of nitrogens with two attached hydrogens (primary N) is 1. The first-order valence-corrected chi connectivity index (χ1v) is 10.7. The molecule has 7 nitrogen and oxygen atoms in total. The largest absolute Gasteiger partial charge is 0.493 e. The van der Waals surface area contributed by atoms with Gasteiger partial charge >= 0.3 is 11.9 Å². The third kappa shape index (κ3) is 14.5. The Morgan fingerprint density at radius 3 is 2.07 bits per heavy atom. The van der Waals surface area contributed by atoms with Crippen LogP contribution in [0, 0.1) is 0 Å². The van der Waals surface area contributed by atoms with E-state index >= 15 is 0 Å². The number of benzene rings is 1. The van der Waals surface area contributed by atoms with Gasteiger partial charge in [-0.3, -0.25) is 4.90 Å². The molecule has 0 amide bonds. The summed E-state index contributed by atoms with van der Waals surface area (Å²) in [7, 11) is 0. The number of rotatable bonds is 14. The van der Waals surface area contributed by atoms with E-state index in [4.69, 9.17) is 20.7 Å². The van der Waals surface area contributed by atoms with Crippen molar-refractivity contribution < 1.29 is 24.5 Å². The van der Waals surface area contributed by atoms with Gasteiger partial charge in [0.05, 0.1) is 6.61 Å². The molecular weight excluding hydrogens is 384 g/mol. The summed E-state index contributed by atoms with van der Waals surface area (Å²) in [6, 6.07) is 6.00. The van der Waals surface area contributed by atoms with E-state index in [2.05, 4.69) is 31.7 Å². The summed E-state index contributed by atoms with van der Waals surface area (Å²) < 4.78 is 6.01. The summed E-state index contributed by atoms with van der Waals surface area (Å²) in [4.78, 5) is 21.5. The van der Waals surface area contributed by atoms with Gasteiger partial charge in [-0.1, -0.05) is 52.9 Å². The molecular formula is C23H38N2O5. The van der Waals surface area contributed by atoms with Crippen LogP contribution in [0.4, 0.5) is 5.69 Å². The van der Waals surface area contributed by atoms with Crippen molar-refractivity contribution in [2.75, 3.05) is 25.4 Å². The average Bonchev–Trinajstić information content (AvgIpc) is 2.71. The van der Waals surface area contributed by atoms with Crippen LogP contribution in [-0.4, -0.2) is 46.7 Å². The van der Waals surface area contributed by atoms with E-state index in [9.17, 15) is 9.59 Å². The summed E-state index contributed by atoms with van der Waals surface area (Å²) in [6.45, 7) is 10.4. The van der Waals surface area contributed by atoms with Crippen molar-refractivity contribution in [1.29, 1.82) is 0 Å². The maximum Gasteiger partial charge on any atom is 0.328 e. The van der Waals surface area contributed by atoms with Gasteiger partial charge in [-0.05, 0) is 37.7 Å². The van der Waals surface area contributed by atoms with E-state index in [1.165, 1.54) is 37.7 Å². The Morgan fingerprint density at radius 1 is 0.967 bits per heavy atom. The van der Waals surface area contributed by atoms with E-state index in [1.54, 1.807) is 0 Å². The fourth-order valence-electron chi connectivity index (χ4n) is 2.76. The molecule has 0 heterocycles. The van der Waals surface area contributed by atoms with Crippen molar-refractivity contribution in [1.82, 2.24) is 4.90 Å². The Balaban J connectivity index is 0.000000890. The molecule has 0 atom stereocenters. The normalized spacial score (nSPS) is 10.7. The number of hydrogen-bond donors (Lipinski definition) is 3. The quantitative estimate of drug-likeness (QED) is 0.229. The van der Waals surface area contributed by atoms with Crippen molar-refractivity contribution in [3.05, 3.63) is 35.9 Å². The SMILES string of the molecule is CCCCCCCCOc1ccc(N)cc1CN(CC)CC.O=C(O)/C=C\C(=O)O. The molecule has 1 aromatic rings. The van der Waals surface area contributed by atoms with Crippen LogP contribution in [0.3, 0.4) is 0 Å². The molecule has 0 aromatic heterocycles. The maximum atomic E-state index is 9.55. The Hall–Kier alpha value is -2.54. The number of aliphatic carboxylic acids is 2. The third-order valence-corrected chi connectivity index (χ3v) is 4.50. The van der Waals surface area contributed by atoms with Gasteiger partial charge in [0.15, 0.2) is 0 Å². The van der Waals surface area contributed by atoms with E-state index in [-0.39, 0.29) is 0 Å². The lowest BCUT2D eigenvalue weighted by Crippen LogP contribution is -2.22. The highest BCUT2D eigenvalue weighted by molar-refractivity contribution is 5.89. The first kappa shape index (κ1) is 27.5. The summed E-state index contributed by atoms with van der Waals surface area (Å²) >= 11 is 0. The lowest BCUT2D eigenvalue weighted by Gasteiger charge is -2.20. The molecule has 0 radical (unpaired) electrons. The summed E-state index contributed by atoms with van der Waals surface area (Å²) in [5, 5.41) is 15.6. The molecule has 0 fully saturated rings. The van der Waals surface area contributed by atoms with Crippen LogP contribution >= 0.6 is 0 Å². The molecule has 0 saturated carbocycles. The third-order valence-electron chi connectivity index (χ3n) is 4.50. The van der Waals surface area contributed by atoms with E-state index in [0.717, 1.165) is 44.1 Å². The Labute approximate surface area is 180 Å². The van der Waals surface area contributed by atoms with Gasteiger partial charge in [-0.2, -0.15) is 0 Å². The van der Waals surface area contributed by atoms with Crippen LogP contribution in [0.15, 0.2) is 30.4 Å². The number of carbonyl (C=O) groups is 2. The van der Waals surface area contributed by atoms with Crippen molar-refractivity contribution in [3.63, 3.8) is 0 Å². The second-order valence-corrected chi connectivity index (χ2v) is 6.95. The van der Waals surface area contributed by atoms with Crippen molar-refractivity contribution in [2.24, 2.45) is 0 Å². The summed E-state index contributed by atoms with van der Waals surface area (Å²) in [5.74, 6) is -1.52. The molecule has 1 aromatic carbocycles. The van der Waals surface area contributed by atoms with Crippen LogP contribution in [-0.2, 0) is 16.1 Å². The number of anilines is 1. The molecule has 0 spiro atoms. The molecule has 170 valence electrons. The van der Waals surface area contributed by atoms with Crippen LogP contribution < -0.4 is 10.5 Å². The molecule has 0 saturated heterocycles. The van der Waals surface area contributed by atoms with Crippen molar-refractivity contribution in [2.45, 2.75) is 65.8 Å². The monoisotopic (exact) mass is 422 g/mol. The lowest BCUT2D eigenvalue weighted by molar-refractivity contribution is -0.134. The van der Waals surface area contributed by atoms with Crippen LogP contribution in [0.25, 0.3) is 0 Å². The number of unbranched alkanes of at least 4 members (excludes halogenated alkanes) is 5. The zero-order valence-corrected chi connectivity index (χ0v) is 18.6.